The van der Waals surface area contributed by atoms with Crippen molar-refractivity contribution >= 4 is 15.6 Å². The molecule has 0 amide bonds. The van der Waals surface area contributed by atoms with Gasteiger partial charge < -0.3 is 4.74 Å². The van der Waals surface area contributed by atoms with Crippen molar-refractivity contribution in [2.75, 3.05) is 6.61 Å². The predicted octanol–water partition coefficient (Wildman–Crippen LogP) is 4.10. The van der Waals surface area contributed by atoms with Gasteiger partial charge in [0.25, 0.3) is 0 Å². The summed E-state index contributed by atoms with van der Waals surface area (Å²) in [6.45, 7) is 6.08. The van der Waals surface area contributed by atoms with E-state index in [4.69, 9.17) is 4.74 Å². The van der Waals surface area contributed by atoms with Crippen molar-refractivity contribution in [3.8, 4) is 17.1 Å². The lowest BCUT2D eigenvalue weighted by molar-refractivity contribution is -0.122. The second kappa shape index (κ2) is 9.62. The van der Waals surface area contributed by atoms with Gasteiger partial charge in [-0.3, -0.25) is 14.8 Å². The fraction of sp³-hybridized carbons (Fsp3) is 0.385. The third-order valence-electron chi connectivity index (χ3n) is 6.04. The summed E-state index contributed by atoms with van der Waals surface area (Å²) in [4.78, 5) is 26.4. The summed E-state index contributed by atoms with van der Waals surface area (Å²) < 4.78 is 30.1. The molecular weight excluding hydrogens is 450 g/mol. The molecule has 2 aromatic heterocycles. The maximum absolute atomic E-state index is 13.2. The summed E-state index contributed by atoms with van der Waals surface area (Å²) >= 11 is 0. The largest absolute Gasteiger partial charge is 0.477 e. The zero-order valence-electron chi connectivity index (χ0n) is 19.7. The van der Waals surface area contributed by atoms with Gasteiger partial charge in [0.05, 0.1) is 52.5 Å². The van der Waals surface area contributed by atoms with Crippen LogP contribution < -0.4 is 4.74 Å². The Morgan fingerprint density at radius 1 is 1.06 bits per heavy atom. The number of hydrogen-bond acceptors (Lipinski definition) is 7. The molecule has 0 unspecified atom stereocenters. The third-order valence-corrected chi connectivity index (χ3v) is 8.23. The van der Waals surface area contributed by atoms with Gasteiger partial charge in [-0.25, -0.2) is 13.4 Å². The summed E-state index contributed by atoms with van der Waals surface area (Å²) in [5.74, 6) is 0.402. The van der Waals surface area contributed by atoms with Crippen molar-refractivity contribution in [3.05, 3.63) is 71.8 Å². The van der Waals surface area contributed by atoms with E-state index in [1.807, 2.05) is 45.0 Å². The Labute approximate surface area is 200 Å². The number of carbonyl (C=O) groups is 1. The molecular formula is C26H29N3O4S. The van der Waals surface area contributed by atoms with Crippen LogP contribution in [0.25, 0.3) is 11.3 Å². The molecule has 1 aromatic carbocycles. The lowest BCUT2D eigenvalue weighted by atomic mass is 9.81. The molecule has 0 radical (unpaired) electrons. The van der Waals surface area contributed by atoms with E-state index in [0.29, 0.717) is 29.6 Å². The summed E-state index contributed by atoms with van der Waals surface area (Å²) in [6.07, 6.45) is 4.95. The molecule has 0 saturated heterocycles. The van der Waals surface area contributed by atoms with E-state index in [1.165, 1.54) is 0 Å². The molecule has 1 fully saturated rings. The van der Waals surface area contributed by atoms with Crippen LogP contribution in [-0.2, 0) is 32.2 Å². The molecule has 1 aliphatic rings. The van der Waals surface area contributed by atoms with Crippen LogP contribution in [0.1, 0.15) is 50.6 Å². The summed E-state index contributed by atoms with van der Waals surface area (Å²) in [5, 5.41) is -0.233. The van der Waals surface area contributed by atoms with Gasteiger partial charge in [-0.15, -0.1) is 0 Å². The molecule has 8 heteroatoms. The van der Waals surface area contributed by atoms with Crippen LogP contribution >= 0.6 is 0 Å². The molecule has 0 aliphatic heterocycles. The van der Waals surface area contributed by atoms with Gasteiger partial charge in [-0.1, -0.05) is 30.3 Å². The molecule has 34 heavy (non-hydrogen) atoms. The van der Waals surface area contributed by atoms with Gasteiger partial charge >= 0.3 is 0 Å². The number of aromatic nitrogens is 3. The van der Waals surface area contributed by atoms with E-state index in [9.17, 15) is 13.2 Å². The Morgan fingerprint density at radius 3 is 2.47 bits per heavy atom. The van der Waals surface area contributed by atoms with E-state index in [-0.39, 0.29) is 23.2 Å². The minimum atomic E-state index is -3.17. The Balaban J connectivity index is 1.46. The molecule has 0 spiro atoms. The first-order chi connectivity index (χ1) is 16.2. The van der Waals surface area contributed by atoms with Crippen LogP contribution in [0.15, 0.2) is 54.9 Å². The monoisotopic (exact) mass is 479 g/mol. The molecule has 178 valence electrons. The molecule has 1 saturated carbocycles. The number of nitrogens with zero attached hydrogens (tertiary/aromatic N) is 3. The number of rotatable bonds is 10. The number of carbonyl (C=O) groups excluding carboxylic acids is 1. The van der Waals surface area contributed by atoms with Crippen molar-refractivity contribution in [3.63, 3.8) is 0 Å². The summed E-state index contributed by atoms with van der Waals surface area (Å²) in [7, 11) is -3.17. The molecule has 3 aromatic rings. The second-order valence-corrected chi connectivity index (χ2v) is 11.4. The highest BCUT2D eigenvalue weighted by atomic mass is 32.2. The maximum atomic E-state index is 13.2. The maximum Gasteiger partial charge on any atom is 0.232 e. The lowest BCUT2D eigenvalue weighted by Gasteiger charge is -2.23. The number of pyridine rings is 1. The highest BCUT2D eigenvalue weighted by Gasteiger charge is 2.36. The van der Waals surface area contributed by atoms with Gasteiger partial charge in [-0.2, -0.15) is 0 Å². The standard InChI is InChI=1S/C26H29N3O4S/c1-4-33-25-16-27-15-22(29-25)19-10-8-18(9-11-19)14-24(30)26(2,3)23-7-5-6-20(28-23)17-34(31,32)21-12-13-21/h5-11,15-16,21H,4,12-14,17H2,1-3H3. The Morgan fingerprint density at radius 2 is 1.79 bits per heavy atom. The van der Waals surface area contributed by atoms with E-state index < -0.39 is 15.3 Å². The Hall–Kier alpha value is -3.13. The Kier molecular flexibility index (Phi) is 6.79. The lowest BCUT2D eigenvalue weighted by Crippen LogP contribution is -2.32. The van der Waals surface area contributed by atoms with Crippen molar-refractivity contribution in [1.29, 1.82) is 0 Å². The van der Waals surface area contributed by atoms with Crippen LogP contribution in [0.5, 0.6) is 5.88 Å². The van der Waals surface area contributed by atoms with Crippen molar-refractivity contribution < 1.29 is 17.9 Å². The number of ether oxygens (including phenoxy) is 1. The SMILES string of the molecule is CCOc1cncc(-c2ccc(CC(=O)C(C)(C)c3cccc(CS(=O)(=O)C4CC4)n3)cc2)n1. The summed E-state index contributed by atoms with van der Waals surface area (Å²) in [6, 6.07) is 12.9. The average molecular weight is 480 g/mol. The zero-order valence-corrected chi connectivity index (χ0v) is 20.5. The van der Waals surface area contributed by atoms with E-state index in [2.05, 4.69) is 15.0 Å². The molecule has 4 rings (SSSR count). The highest BCUT2D eigenvalue weighted by Crippen LogP contribution is 2.31. The molecule has 1 aliphatic carbocycles. The first-order valence-electron chi connectivity index (χ1n) is 11.4. The first-order valence-corrected chi connectivity index (χ1v) is 13.2. The summed E-state index contributed by atoms with van der Waals surface area (Å²) in [5.41, 5.74) is 2.69. The van der Waals surface area contributed by atoms with Crippen LogP contribution in [0, 0.1) is 0 Å². The smallest absolute Gasteiger partial charge is 0.232 e. The number of benzene rings is 1. The zero-order chi connectivity index (χ0) is 24.3. The van der Waals surface area contributed by atoms with Crippen LogP contribution in [0.3, 0.4) is 0 Å². The minimum absolute atomic E-state index is 0.00749. The van der Waals surface area contributed by atoms with Gasteiger partial charge in [0.1, 0.15) is 5.78 Å². The number of sulfone groups is 1. The normalized spacial score (nSPS) is 14.1. The fourth-order valence-corrected chi connectivity index (χ4v) is 5.37. The molecule has 0 atom stereocenters. The quantitative estimate of drug-likeness (QED) is 0.432. The second-order valence-electron chi connectivity index (χ2n) is 9.12. The number of hydrogen-bond donors (Lipinski definition) is 0. The van der Waals surface area contributed by atoms with E-state index >= 15 is 0 Å². The van der Waals surface area contributed by atoms with Crippen molar-refractivity contribution in [2.45, 2.75) is 56.5 Å². The van der Waals surface area contributed by atoms with Gasteiger partial charge in [0.2, 0.25) is 5.88 Å². The third kappa shape index (κ3) is 5.50. The molecule has 2 heterocycles. The van der Waals surface area contributed by atoms with E-state index in [1.54, 1.807) is 30.6 Å². The topological polar surface area (TPSA) is 99.1 Å². The number of ketones is 1. The first kappa shape index (κ1) is 24.0. The van der Waals surface area contributed by atoms with Crippen LogP contribution in [-0.4, -0.2) is 41.0 Å². The molecule has 0 bridgehead atoms. The predicted molar refractivity (Wildman–Crippen MR) is 130 cm³/mol. The number of Topliss-reactive ketones (excluding diaryl/α,β-unsaturated/α-hetero) is 1. The van der Waals surface area contributed by atoms with E-state index in [0.717, 1.165) is 24.0 Å². The Bertz CT molecular complexity index is 1280. The average Bonchev–Trinajstić information content (AvgIpc) is 3.66. The molecule has 0 N–H and O–H groups in total. The van der Waals surface area contributed by atoms with Gasteiger partial charge in [0.15, 0.2) is 9.84 Å². The fourth-order valence-electron chi connectivity index (χ4n) is 3.71. The van der Waals surface area contributed by atoms with Crippen molar-refractivity contribution in [1.82, 2.24) is 15.0 Å². The van der Waals surface area contributed by atoms with Crippen LogP contribution in [0.2, 0.25) is 0 Å². The van der Waals surface area contributed by atoms with Crippen LogP contribution in [0.4, 0.5) is 0 Å². The highest BCUT2D eigenvalue weighted by molar-refractivity contribution is 7.91. The minimum Gasteiger partial charge on any atom is -0.477 e. The molecule has 7 nitrogen and oxygen atoms in total. The van der Waals surface area contributed by atoms with Crippen molar-refractivity contribution in [2.24, 2.45) is 0 Å². The van der Waals surface area contributed by atoms with Gasteiger partial charge in [-0.05, 0) is 51.3 Å². The van der Waals surface area contributed by atoms with Gasteiger partial charge in [0, 0.05) is 12.0 Å².